The normalized spacial score (nSPS) is 12.8. The molecule has 1 rings (SSSR count). The van der Waals surface area contributed by atoms with Gasteiger partial charge in [0.25, 0.3) is 0 Å². The minimum absolute atomic E-state index is 0.259. The van der Waals surface area contributed by atoms with Crippen LogP contribution in [0.4, 0.5) is 0 Å². The number of hydrogen-bond acceptors (Lipinski definition) is 3. The van der Waals surface area contributed by atoms with Crippen molar-refractivity contribution in [3.05, 3.63) is 29.8 Å². The molecule has 0 aliphatic carbocycles. The van der Waals surface area contributed by atoms with Crippen LogP contribution in [0.1, 0.15) is 38.8 Å². The summed E-state index contributed by atoms with van der Waals surface area (Å²) in [6.45, 7) is 6.88. The highest BCUT2D eigenvalue weighted by Crippen LogP contribution is 2.21. The lowest BCUT2D eigenvalue weighted by molar-refractivity contribution is 0.408. The summed E-state index contributed by atoms with van der Waals surface area (Å²) < 4.78 is 5.21. The van der Waals surface area contributed by atoms with Crippen LogP contribution >= 0.6 is 0 Å². The van der Waals surface area contributed by atoms with Crippen LogP contribution in [0, 0.1) is 16.7 Å². The molecule has 0 fully saturated rings. The molecule has 98 valence electrons. The maximum atomic E-state index is 8.95. The topological polar surface area (TPSA) is 45.0 Å². The number of nitrogens with zero attached hydrogens (tertiary/aromatic N) is 1. The summed E-state index contributed by atoms with van der Waals surface area (Å²) in [7, 11) is 1.67. The lowest BCUT2D eigenvalue weighted by Gasteiger charge is -2.19. The first-order chi connectivity index (χ1) is 8.48. The van der Waals surface area contributed by atoms with Crippen molar-refractivity contribution in [1.29, 1.82) is 5.26 Å². The average molecular weight is 246 g/mol. The molecule has 0 aliphatic heterocycles. The van der Waals surface area contributed by atoms with Crippen LogP contribution in [0.3, 0.4) is 0 Å². The molecule has 0 aliphatic rings. The summed E-state index contributed by atoms with van der Waals surface area (Å²) >= 11 is 0. The number of ether oxygens (including phenoxy) is 1. The molecule has 18 heavy (non-hydrogen) atoms. The molecule has 1 aromatic rings. The number of nitriles is 1. The summed E-state index contributed by atoms with van der Waals surface area (Å²) in [5, 5.41) is 12.4. The van der Waals surface area contributed by atoms with Gasteiger partial charge in [0.2, 0.25) is 0 Å². The van der Waals surface area contributed by atoms with E-state index in [-0.39, 0.29) is 11.5 Å². The van der Waals surface area contributed by atoms with Crippen LogP contribution in [-0.2, 0) is 0 Å². The van der Waals surface area contributed by atoms with Crippen molar-refractivity contribution in [3.8, 4) is 11.8 Å². The van der Waals surface area contributed by atoms with Gasteiger partial charge in [-0.2, -0.15) is 5.26 Å². The zero-order valence-corrected chi connectivity index (χ0v) is 11.7. The zero-order valence-electron chi connectivity index (χ0n) is 11.7. The van der Waals surface area contributed by atoms with E-state index in [2.05, 4.69) is 24.4 Å². The second-order valence-electron chi connectivity index (χ2n) is 5.20. The Kier molecular flexibility index (Phi) is 5.18. The predicted octanol–water partition coefficient (Wildman–Crippen LogP) is 3.29. The number of methoxy groups -OCH3 is 1. The molecule has 0 amide bonds. The van der Waals surface area contributed by atoms with Gasteiger partial charge in [0.05, 0.1) is 18.6 Å². The third kappa shape index (κ3) is 4.38. The minimum atomic E-state index is -0.263. The van der Waals surface area contributed by atoms with Crippen LogP contribution in [0.2, 0.25) is 0 Å². The van der Waals surface area contributed by atoms with E-state index in [0.29, 0.717) is 0 Å². The number of rotatable bonds is 6. The van der Waals surface area contributed by atoms with E-state index in [1.54, 1.807) is 7.11 Å². The van der Waals surface area contributed by atoms with Gasteiger partial charge < -0.3 is 10.1 Å². The van der Waals surface area contributed by atoms with Crippen LogP contribution < -0.4 is 10.1 Å². The van der Waals surface area contributed by atoms with Crippen molar-refractivity contribution < 1.29 is 4.74 Å². The summed E-state index contributed by atoms with van der Waals surface area (Å²) in [5.41, 5.74) is 0.935. The first kappa shape index (κ1) is 14.5. The average Bonchev–Trinajstić information content (AvgIpc) is 2.38. The predicted molar refractivity (Wildman–Crippen MR) is 73.4 cm³/mol. The van der Waals surface area contributed by atoms with Crippen LogP contribution in [0.25, 0.3) is 0 Å². The van der Waals surface area contributed by atoms with Crippen molar-refractivity contribution in [2.75, 3.05) is 13.7 Å². The van der Waals surface area contributed by atoms with Crippen molar-refractivity contribution in [3.63, 3.8) is 0 Å². The van der Waals surface area contributed by atoms with Crippen molar-refractivity contribution in [1.82, 2.24) is 5.32 Å². The maximum Gasteiger partial charge on any atom is 0.119 e. The summed E-state index contributed by atoms with van der Waals surface area (Å²) in [6.07, 6.45) is 0.845. The van der Waals surface area contributed by atoms with Gasteiger partial charge in [-0.1, -0.05) is 12.1 Å². The van der Waals surface area contributed by atoms with Crippen molar-refractivity contribution >= 4 is 0 Å². The number of benzene rings is 1. The molecule has 0 saturated carbocycles. The SMILES string of the molecule is COc1cccc([C@@H](C)NCCC(C)(C)C#N)c1. The molecule has 1 aromatic carbocycles. The summed E-state index contributed by atoms with van der Waals surface area (Å²) in [4.78, 5) is 0. The van der Waals surface area contributed by atoms with Crippen LogP contribution in [0.15, 0.2) is 24.3 Å². The Morgan fingerprint density at radius 2 is 2.17 bits per heavy atom. The molecule has 0 spiro atoms. The molecular weight excluding hydrogens is 224 g/mol. The fraction of sp³-hybridized carbons (Fsp3) is 0.533. The van der Waals surface area contributed by atoms with Crippen LogP contribution in [-0.4, -0.2) is 13.7 Å². The lowest BCUT2D eigenvalue weighted by atomic mass is 9.91. The Bertz CT molecular complexity index is 421. The Hall–Kier alpha value is -1.53. The molecule has 1 N–H and O–H groups in total. The van der Waals surface area contributed by atoms with E-state index in [4.69, 9.17) is 10.00 Å². The second kappa shape index (κ2) is 6.42. The van der Waals surface area contributed by atoms with Gasteiger partial charge in [-0.15, -0.1) is 0 Å². The van der Waals surface area contributed by atoms with Crippen molar-refractivity contribution in [2.24, 2.45) is 5.41 Å². The van der Waals surface area contributed by atoms with E-state index in [1.807, 2.05) is 32.0 Å². The van der Waals surface area contributed by atoms with E-state index in [0.717, 1.165) is 18.7 Å². The Morgan fingerprint density at radius 3 is 2.78 bits per heavy atom. The standard InChI is InChI=1S/C15H22N2O/c1-12(17-9-8-15(2,3)11-16)13-6-5-7-14(10-13)18-4/h5-7,10,12,17H,8-9H2,1-4H3/t12-/m1/s1. The molecule has 0 heterocycles. The third-order valence-corrected chi connectivity index (χ3v) is 3.10. The molecule has 1 atom stereocenters. The first-order valence-electron chi connectivity index (χ1n) is 6.27. The zero-order chi connectivity index (χ0) is 13.6. The van der Waals surface area contributed by atoms with Gasteiger partial charge in [0.1, 0.15) is 5.75 Å². The Labute approximate surface area is 110 Å². The maximum absolute atomic E-state index is 8.95. The third-order valence-electron chi connectivity index (χ3n) is 3.10. The van der Waals surface area contributed by atoms with Crippen molar-refractivity contribution in [2.45, 2.75) is 33.2 Å². The molecule has 3 heteroatoms. The van der Waals surface area contributed by atoms with Gasteiger partial charge in [-0.3, -0.25) is 0 Å². The fourth-order valence-corrected chi connectivity index (χ4v) is 1.69. The lowest BCUT2D eigenvalue weighted by Crippen LogP contribution is -2.24. The fourth-order valence-electron chi connectivity index (χ4n) is 1.69. The highest BCUT2D eigenvalue weighted by Gasteiger charge is 2.16. The summed E-state index contributed by atoms with van der Waals surface area (Å²) in [6, 6.07) is 10.6. The van der Waals surface area contributed by atoms with Gasteiger partial charge >= 0.3 is 0 Å². The van der Waals surface area contributed by atoms with Crippen LogP contribution in [0.5, 0.6) is 5.75 Å². The molecule has 0 saturated heterocycles. The van der Waals surface area contributed by atoms with E-state index in [9.17, 15) is 0 Å². The Morgan fingerprint density at radius 1 is 1.44 bits per heavy atom. The highest BCUT2D eigenvalue weighted by molar-refractivity contribution is 5.30. The monoisotopic (exact) mass is 246 g/mol. The van der Waals surface area contributed by atoms with Gasteiger partial charge in [-0.25, -0.2) is 0 Å². The quantitative estimate of drug-likeness (QED) is 0.837. The molecule has 0 radical (unpaired) electrons. The number of nitrogens with one attached hydrogen (secondary N) is 1. The van der Waals surface area contributed by atoms with E-state index < -0.39 is 0 Å². The van der Waals surface area contributed by atoms with E-state index in [1.165, 1.54) is 5.56 Å². The molecule has 3 nitrogen and oxygen atoms in total. The second-order valence-corrected chi connectivity index (χ2v) is 5.20. The molecular formula is C15H22N2O. The smallest absolute Gasteiger partial charge is 0.119 e. The highest BCUT2D eigenvalue weighted by atomic mass is 16.5. The van der Waals surface area contributed by atoms with Gasteiger partial charge in [-0.05, 0) is 51.4 Å². The molecule has 0 bridgehead atoms. The largest absolute Gasteiger partial charge is 0.497 e. The van der Waals surface area contributed by atoms with Gasteiger partial charge in [0, 0.05) is 6.04 Å². The molecule has 0 aromatic heterocycles. The van der Waals surface area contributed by atoms with Gasteiger partial charge in [0.15, 0.2) is 0 Å². The Balaban J connectivity index is 2.50. The molecule has 0 unspecified atom stereocenters. The minimum Gasteiger partial charge on any atom is -0.497 e. The number of hydrogen-bond donors (Lipinski definition) is 1. The van der Waals surface area contributed by atoms with E-state index >= 15 is 0 Å². The first-order valence-corrected chi connectivity index (χ1v) is 6.27. The summed E-state index contributed by atoms with van der Waals surface area (Å²) in [5.74, 6) is 0.874.